The van der Waals surface area contributed by atoms with Crippen LogP contribution in [0.2, 0.25) is 0 Å². The van der Waals surface area contributed by atoms with E-state index in [1.807, 2.05) is 54.3 Å². The van der Waals surface area contributed by atoms with Gasteiger partial charge in [0.25, 0.3) is 11.8 Å². The zero-order valence-corrected chi connectivity index (χ0v) is 19.4. The van der Waals surface area contributed by atoms with Gasteiger partial charge in [0.2, 0.25) is 5.91 Å². The minimum atomic E-state index is -0.245. The molecule has 34 heavy (non-hydrogen) atoms. The molecule has 0 spiro atoms. The van der Waals surface area contributed by atoms with Gasteiger partial charge in [-0.2, -0.15) is 0 Å². The molecular formula is C27H27N3O4. The molecule has 5 rings (SSSR count). The van der Waals surface area contributed by atoms with Crippen molar-refractivity contribution in [3.8, 4) is 11.1 Å². The summed E-state index contributed by atoms with van der Waals surface area (Å²) in [6, 6.07) is 16.5. The van der Waals surface area contributed by atoms with Crippen molar-refractivity contribution in [2.24, 2.45) is 0 Å². The second-order valence-electron chi connectivity index (χ2n) is 8.91. The van der Waals surface area contributed by atoms with Crippen molar-refractivity contribution < 1.29 is 18.8 Å². The van der Waals surface area contributed by atoms with E-state index in [0.717, 1.165) is 37.1 Å². The van der Waals surface area contributed by atoms with E-state index in [4.69, 9.17) is 4.42 Å². The van der Waals surface area contributed by atoms with Gasteiger partial charge >= 0.3 is 0 Å². The molecule has 3 amide bonds. The number of amides is 3. The maximum atomic E-state index is 13.2. The van der Waals surface area contributed by atoms with E-state index in [9.17, 15) is 14.4 Å². The summed E-state index contributed by atoms with van der Waals surface area (Å²) in [4.78, 5) is 43.6. The molecule has 0 aliphatic carbocycles. The molecule has 2 aliphatic heterocycles. The second kappa shape index (κ2) is 8.82. The van der Waals surface area contributed by atoms with Crippen LogP contribution in [0.1, 0.15) is 47.6 Å². The number of nitrogens with zero attached hydrogens (tertiary/aromatic N) is 3. The molecule has 1 fully saturated rings. The average Bonchev–Trinajstić information content (AvgIpc) is 3.57. The number of likely N-dealkylation sites (tertiary alicyclic amines) is 1. The Bertz CT molecular complexity index is 1230. The standard InChI is InChI=1S/C27H27N3O4/c1-18-17-29(27(33)25-6-5-15-34-25)24-16-22(11-12-23(24)30(18)19(2)31)20-7-9-21(10-8-20)26(32)28-13-3-4-14-28/h5-12,15-16,18H,3-4,13-14,17H2,1-2H3. The van der Waals surface area contributed by atoms with Crippen LogP contribution in [0.25, 0.3) is 11.1 Å². The highest BCUT2D eigenvalue weighted by Crippen LogP contribution is 2.39. The van der Waals surface area contributed by atoms with Crippen LogP contribution < -0.4 is 9.80 Å². The Morgan fingerprint density at radius 1 is 0.882 bits per heavy atom. The van der Waals surface area contributed by atoms with Gasteiger partial charge in [-0.25, -0.2) is 0 Å². The summed E-state index contributed by atoms with van der Waals surface area (Å²) < 4.78 is 5.36. The molecule has 0 radical (unpaired) electrons. The minimum Gasteiger partial charge on any atom is -0.459 e. The Balaban J connectivity index is 1.51. The Labute approximate surface area is 198 Å². The Morgan fingerprint density at radius 3 is 2.24 bits per heavy atom. The monoisotopic (exact) mass is 457 g/mol. The summed E-state index contributed by atoms with van der Waals surface area (Å²) in [6.07, 6.45) is 3.59. The number of hydrogen-bond acceptors (Lipinski definition) is 4. The maximum Gasteiger partial charge on any atom is 0.294 e. The first-order valence-electron chi connectivity index (χ1n) is 11.6. The third kappa shape index (κ3) is 3.87. The molecule has 1 unspecified atom stereocenters. The number of carbonyl (C=O) groups excluding carboxylic acids is 3. The molecule has 1 aromatic heterocycles. The largest absolute Gasteiger partial charge is 0.459 e. The van der Waals surface area contributed by atoms with Gasteiger partial charge < -0.3 is 19.1 Å². The molecule has 1 atom stereocenters. The van der Waals surface area contributed by atoms with E-state index in [1.165, 1.54) is 13.2 Å². The van der Waals surface area contributed by atoms with E-state index in [0.29, 0.717) is 23.5 Å². The van der Waals surface area contributed by atoms with Crippen LogP contribution in [0.4, 0.5) is 11.4 Å². The van der Waals surface area contributed by atoms with Gasteiger partial charge in [-0.3, -0.25) is 14.4 Å². The first-order chi connectivity index (χ1) is 16.4. The quantitative estimate of drug-likeness (QED) is 0.577. The van der Waals surface area contributed by atoms with Crippen molar-refractivity contribution in [2.75, 3.05) is 29.4 Å². The Hall–Kier alpha value is -3.87. The third-order valence-electron chi connectivity index (χ3n) is 6.59. The van der Waals surface area contributed by atoms with Crippen LogP contribution in [-0.4, -0.2) is 48.3 Å². The van der Waals surface area contributed by atoms with Crippen molar-refractivity contribution >= 4 is 29.1 Å². The number of fused-ring (bicyclic) bond motifs is 1. The molecular weight excluding hydrogens is 430 g/mol. The summed E-state index contributed by atoms with van der Waals surface area (Å²) in [5.74, 6) is 0.00166. The molecule has 174 valence electrons. The smallest absolute Gasteiger partial charge is 0.294 e. The lowest BCUT2D eigenvalue weighted by Crippen LogP contribution is -2.51. The van der Waals surface area contributed by atoms with Gasteiger partial charge in [-0.1, -0.05) is 18.2 Å². The fraction of sp³-hybridized carbons (Fsp3) is 0.296. The van der Waals surface area contributed by atoms with Crippen LogP contribution >= 0.6 is 0 Å². The van der Waals surface area contributed by atoms with E-state index in [-0.39, 0.29) is 29.5 Å². The lowest BCUT2D eigenvalue weighted by atomic mass is 9.99. The van der Waals surface area contributed by atoms with Crippen LogP contribution in [0, 0.1) is 0 Å². The second-order valence-corrected chi connectivity index (χ2v) is 8.91. The number of benzene rings is 2. The lowest BCUT2D eigenvalue weighted by molar-refractivity contribution is -0.117. The van der Waals surface area contributed by atoms with Gasteiger partial charge in [-0.15, -0.1) is 0 Å². The Morgan fingerprint density at radius 2 is 1.59 bits per heavy atom. The van der Waals surface area contributed by atoms with Crippen molar-refractivity contribution in [3.05, 3.63) is 72.2 Å². The summed E-state index contributed by atoms with van der Waals surface area (Å²) in [5, 5.41) is 0. The van der Waals surface area contributed by atoms with Crippen molar-refractivity contribution in [2.45, 2.75) is 32.7 Å². The van der Waals surface area contributed by atoms with Crippen molar-refractivity contribution in [1.82, 2.24) is 4.90 Å². The molecule has 1 saturated heterocycles. The molecule has 0 bridgehead atoms. The number of carbonyl (C=O) groups is 3. The summed E-state index contributed by atoms with van der Waals surface area (Å²) in [7, 11) is 0. The fourth-order valence-corrected chi connectivity index (χ4v) is 4.92. The fourth-order valence-electron chi connectivity index (χ4n) is 4.92. The first-order valence-corrected chi connectivity index (χ1v) is 11.6. The SMILES string of the molecule is CC(=O)N1c2ccc(-c3ccc(C(=O)N4CCCC4)cc3)cc2N(C(=O)c2ccco2)CC1C. The highest BCUT2D eigenvalue weighted by atomic mass is 16.3. The lowest BCUT2D eigenvalue weighted by Gasteiger charge is -2.40. The number of furan rings is 1. The van der Waals surface area contributed by atoms with Gasteiger partial charge in [-0.05, 0) is 67.3 Å². The van der Waals surface area contributed by atoms with E-state index in [1.54, 1.807) is 21.9 Å². The van der Waals surface area contributed by atoms with E-state index in [2.05, 4.69) is 0 Å². The van der Waals surface area contributed by atoms with Gasteiger partial charge in [0.1, 0.15) is 0 Å². The van der Waals surface area contributed by atoms with Crippen LogP contribution in [0.5, 0.6) is 0 Å². The average molecular weight is 458 g/mol. The normalized spacial score (nSPS) is 17.6. The highest BCUT2D eigenvalue weighted by molar-refractivity contribution is 6.10. The van der Waals surface area contributed by atoms with E-state index >= 15 is 0 Å². The molecule has 0 N–H and O–H groups in total. The van der Waals surface area contributed by atoms with Crippen molar-refractivity contribution in [3.63, 3.8) is 0 Å². The molecule has 2 aliphatic rings. The highest BCUT2D eigenvalue weighted by Gasteiger charge is 2.35. The van der Waals surface area contributed by atoms with E-state index < -0.39 is 0 Å². The zero-order chi connectivity index (χ0) is 23.8. The molecule has 7 heteroatoms. The molecule has 2 aromatic carbocycles. The number of anilines is 2. The van der Waals surface area contributed by atoms with Crippen LogP contribution in [-0.2, 0) is 4.79 Å². The molecule has 3 heterocycles. The maximum absolute atomic E-state index is 13.2. The van der Waals surface area contributed by atoms with Gasteiger partial charge in [0.15, 0.2) is 5.76 Å². The molecule has 3 aromatic rings. The van der Waals surface area contributed by atoms with Crippen LogP contribution in [0.15, 0.2) is 65.3 Å². The number of hydrogen-bond donors (Lipinski definition) is 0. The zero-order valence-electron chi connectivity index (χ0n) is 19.4. The van der Waals surface area contributed by atoms with Gasteiger partial charge in [0, 0.05) is 32.1 Å². The first kappa shape index (κ1) is 21.9. The van der Waals surface area contributed by atoms with Gasteiger partial charge in [0.05, 0.1) is 23.7 Å². The predicted molar refractivity (Wildman–Crippen MR) is 130 cm³/mol. The Kier molecular flexibility index (Phi) is 5.69. The number of rotatable bonds is 3. The third-order valence-corrected chi connectivity index (χ3v) is 6.59. The summed E-state index contributed by atoms with van der Waals surface area (Å²) in [6.45, 7) is 5.45. The minimum absolute atomic E-state index is 0.0656. The van der Waals surface area contributed by atoms with Crippen LogP contribution in [0.3, 0.4) is 0 Å². The summed E-state index contributed by atoms with van der Waals surface area (Å²) >= 11 is 0. The predicted octanol–water partition coefficient (Wildman–Crippen LogP) is 4.58. The molecule has 0 saturated carbocycles. The summed E-state index contributed by atoms with van der Waals surface area (Å²) in [5.41, 5.74) is 3.85. The molecule has 7 nitrogen and oxygen atoms in total. The van der Waals surface area contributed by atoms with Crippen molar-refractivity contribution in [1.29, 1.82) is 0 Å². The topological polar surface area (TPSA) is 74.1 Å².